The van der Waals surface area contributed by atoms with Crippen molar-refractivity contribution < 1.29 is 24.6 Å². The maximum absolute atomic E-state index is 11.5. The Morgan fingerprint density at radius 3 is 2.00 bits per heavy atom. The number of carbonyl (C=O) groups excluding carboxylic acids is 1. The van der Waals surface area contributed by atoms with E-state index in [0.717, 1.165) is 32.1 Å². The molecule has 0 heterocycles. The number of hydrogen-bond donors (Lipinski definition) is 3. The summed E-state index contributed by atoms with van der Waals surface area (Å²) >= 11 is 0. The molecule has 2 radical (unpaired) electrons. The summed E-state index contributed by atoms with van der Waals surface area (Å²) in [5.41, 5.74) is 0. The van der Waals surface area contributed by atoms with Crippen LogP contribution in [0, 0.1) is 0 Å². The number of rotatable bonds is 11. The Kier molecular flexibility index (Phi) is 23.6. The van der Waals surface area contributed by atoms with Crippen molar-refractivity contribution in [1.82, 2.24) is 5.32 Å². The number of carbonyl (C=O) groups is 3. The summed E-state index contributed by atoms with van der Waals surface area (Å²) in [6.07, 6.45) is 4.96. The van der Waals surface area contributed by atoms with Crippen molar-refractivity contribution in [3.8, 4) is 0 Å². The van der Waals surface area contributed by atoms with Gasteiger partial charge in [0.25, 0.3) is 0 Å². The fourth-order valence-electron chi connectivity index (χ4n) is 1.68. The quantitative estimate of drug-likeness (QED) is 0.381. The van der Waals surface area contributed by atoms with Crippen LogP contribution in [0.3, 0.4) is 0 Å². The molecule has 0 unspecified atom stereocenters. The van der Waals surface area contributed by atoms with E-state index in [0.29, 0.717) is 6.42 Å². The summed E-state index contributed by atoms with van der Waals surface area (Å²) < 4.78 is 0. The van der Waals surface area contributed by atoms with Gasteiger partial charge < -0.3 is 15.5 Å². The fourth-order valence-corrected chi connectivity index (χ4v) is 1.68. The van der Waals surface area contributed by atoms with Gasteiger partial charge in [-0.25, -0.2) is 4.79 Å². The van der Waals surface area contributed by atoms with Crippen molar-refractivity contribution in [3.63, 3.8) is 0 Å². The molecule has 0 aromatic carbocycles. The van der Waals surface area contributed by atoms with E-state index in [2.05, 4.69) is 12.2 Å². The van der Waals surface area contributed by atoms with Gasteiger partial charge in [-0.1, -0.05) is 32.6 Å². The van der Waals surface area contributed by atoms with Crippen LogP contribution in [-0.4, -0.2) is 137 Å². The zero-order valence-corrected chi connectivity index (χ0v) is 19.6. The second-order valence-electron chi connectivity index (χ2n) is 4.55. The van der Waals surface area contributed by atoms with Crippen molar-refractivity contribution in [2.45, 2.75) is 64.3 Å². The zero-order chi connectivity index (χ0) is 14.7. The summed E-state index contributed by atoms with van der Waals surface area (Å²) in [6.45, 7) is 2.10. The van der Waals surface area contributed by atoms with Gasteiger partial charge in [0.1, 0.15) is 6.04 Å². The van der Waals surface area contributed by atoms with Gasteiger partial charge in [-0.05, 0) is 12.8 Å². The van der Waals surface area contributed by atoms with Gasteiger partial charge in [0, 0.05) is 116 Å². The minimum Gasteiger partial charge on any atom is -0.481 e. The SMILES string of the molecule is CCCCCCCC(=O)N[C@@H](CCC(=O)O)C(=O)O.[K].[K]. The van der Waals surface area contributed by atoms with Crippen LogP contribution in [0.4, 0.5) is 0 Å². The molecule has 0 bridgehead atoms. The third-order valence-corrected chi connectivity index (χ3v) is 2.79. The first kappa shape index (κ1) is 27.5. The molecule has 0 aliphatic heterocycles. The molecule has 0 spiro atoms. The normalized spacial score (nSPS) is 10.7. The first-order valence-corrected chi connectivity index (χ1v) is 6.71. The summed E-state index contributed by atoms with van der Waals surface area (Å²) in [4.78, 5) is 32.7. The van der Waals surface area contributed by atoms with Gasteiger partial charge in [0.05, 0.1) is 0 Å². The molecule has 8 heteroatoms. The molecule has 3 N–H and O–H groups in total. The van der Waals surface area contributed by atoms with E-state index in [4.69, 9.17) is 10.2 Å². The van der Waals surface area contributed by atoms with Crippen LogP contribution in [0.15, 0.2) is 0 Å². The monoisotopic (exact) mass is 351 g/mol. The topological polar surface area (TPSA) is 104 Å². The van der Waals surface area contributed by atoms with Crippen LogP contribution >= 0.6 is 0 Å². The summed E-state index contributed by atoms with van der Waals surface area (Å²) in [5.74, 6) is -2.59. The summed E-state index contributed by atoms with van der Waals surface area (Å²) in [6, 6.07) is -1.11. The Labute approximate surface area is 211 Å². The number of carboxylic acid groups (broad SMARTS) is 2. The van der Waals surface area contributed by atoms with Gasteiger partial charge in [-0.15, -0.1) is 0 Å². The van der Waals surface area contributed by atoms with Crippen molar-refractivity contribution in [1.29, 1.82) is 0 Å². The van der Waals surface area contributed by atoms with Gasteiger partial charge in [-0.2, -0.15) is 0 Å². The van der Waals surface area contributed by atoms with Crippen LogP contribution in [0.25, 0.3) is 0 Å². The first-order valence-electron chi connectivity index (χ1n) is 6.71. The van der Waals surface area contributed by atoms with E-state index in [1.807, 2.05) is 0 Å². The number of aliphatic carboxylic acids is 2. The Balaban J connectivity index is -0.00000162. The van der Waals surface area contributed by atoms with Crippen molar-refractivity contribution in [2.24, 2.45) is 0 Å². The van der Waals surface area contributed by atoms with Gasteiger partial charge >= 0.3 is 11.9 Å². The first-order chi connectivity index (χ1) is 8.97. The van der Waals surface area contributed by atoms with Crippen LogP contribution in [0.2, 0.25) is 0 Å². The molecule has 0 saturated carbocycles. The van der Waals surface area contributed by atoms with E-state index in [1.165, 1.54) is 0 Å². The molecule has 21 heavy (non-hydrogen) atoms. The molecule has 112 valence electrons. The molecule has 0 aromatic heterocycles. The van der Waals surface area contributed by atoms with Crippen molar-refractivity contribution >= 4 is 121 Å². The maximum Gasteiger partial charge on any atom is 0.326 e. The Morgan fingerprint density at radius 2 is 1.52 bits per heavy atom. The number of nitrogens with one attached hydrogen (secondary N) is 1. The van der Waals surface area contributed by atoms with E-state index in [-0.39, 0.29) is 122 Å². The summed E-state index contributed by atoms with van der Waals surface area (Å²) in [5, 5.41) is 19.7. The third kappa shape index (κ3) is 17.9. The molecule has 0 aliphatic rings. The van der Waals surface area contributed by atoms with Gasteiger partial charge in [0.15, 0.2) is 0 Å². The maximum atomic E-state index is 11.5. The fraction of sp³-hybridized carbons (Fsp3) is 0.769. The van der Waals surface area contributed by atoms with E-state index in [1.54, 1.807) is 0 Å². The molecule has 0 fully saturated rings. The van der Waals surface area contributed by atoms with Crippen molar-refractivity contribution in [3.05, 3.63) is 0 Å². The number of carboxylic acids is 2. The van der Waals surface area contributed by atoms with Crippen LogP contribution < -0.4 is 5.32 Å². The third-order valence-electron chi connectivity index (χ3n) is 2.79. The van der Waals surface area contributed by atoms with Crippen LogP contribution in [0.5, 0.6) is 0 Å². The molecule has 0 saturated heterocycles. The van der Waals surface area contributed by atoms with E-state index in [9.17, 15) is 14.4 Å². The molecule has 0 rings (SSSR count). The van der Waals surface area contributed by atoms with Crippen LogP contribution in [-0.2, 0) is 14.4 Å². The van der Waals surface area contributed by atoms with Gasteiger partial charge in [-0.3, -0.25) is 9.59 Å². The average molecular weight is 352 g/mol. The van der Waals surface area contributed by atoms with Crippen LogP contribution in [0.1, 0.15) is 58.3 Å². The number of amides is 1. The second-order valence-corrected chi connectivity index (χ2v) is 4.55. The number of hydrogen-bond acceptors (Lipinski definition) is 3. The smallest absolute Gasteiger partial charge is 0.326 e. The molecular weight excluding hydrogens is 328 g/mol. The predicted molar refractivity (Wildman–Crippen MR) is 81.3 cm³/mol. The van der Waals surface area contributed by atoms with E-state index < -0.39 is 18.0 Å². The molecular formula is C13H23K2NO5. The second kappa shape index (κ2) is 18.0. The molecule has 1 atom stereocenters. The molecule has 0 aromatic rings. The number of unbranched alkanes of at least 4 members (excludes halogenated alkanes) is 4. The predicted octanol–water partition coefficient (Wildman–Crippen LogP) is 1.02. The standard InChI is InChI=1S/C13H23NO5.2K/c1-2-3-4-5-6-7-11(15)14-10(13(18)19)8-9-12(16)17;;/h10H,2-9H2,1H3,(H,14,15)(H,16,17)(H,18,19);;/t10-;;/m0../s1. The molecule has 0 aliphatic carbocycles. The summed E-state index contributed by atoms with van der Waals surface area (Å²) in [7, 11) is 0. The molecule has 6 nitrogen and oxygen atoms in total. The minimum atomic E-state index is -1.19. The zero-order valence-electron chi connectivity index (χ0n) is 13.4. The Morgan fingerprint density at radius 1 is 0.952 bits per heavy atom. The Hall–Kier alpha value is 1.68. The largest absolute Gasteiger partial charge is 0.481 e. The average Bonchev–Trinajstić information content (AvgIpc) is 2.33. The van der Waals surface area contributed by atoms with Crippen molar-refractivity contribution in [2.75, 3.05) is 0 Å². The Bertz CT molecular complexity index is 313. The minimum absolute atomic E-state index is 0. The van der Waals surface area contributed by atoms with Gasteiger partial charge in [0.2, 0.25) is 5.91 Å². The molecule has 1 amide bonds. The van der Waals surface area contributed by atoms with E-state index >= 15 is 0 Å².